The predicted octanol–water partition coefficient (Wildman–Crippen LogP) is 0.391. The summed E-state index contributed by atoms with van der Waals surface area (Å²) in [6.07, 6.45) is 1.30. The van der Waals surface area contributed by atoms with Crippen molar-refractivity contribution in [1.82, 2.24) is 15.3 Å². The second-order valence-corrected chi connectivity index (χ2v) is 8.29. The number of nitrogens with one attached hydrogen (secondary N) is 4. The number of carbonyl (C=O) groups is 3. The molecule has 0 bridgehead atoms. The number of rotatable bonds is 10. The fourth-order valence-electron chi connectivity index (χ4n) is 3.37. The third-order valence-corrected chi connectivity index (χ3v) is 5.88. The van der Waals surface area contributed by atoms with Gasteiger partial charge in [-0.1, -0.05) is 11.9 Å². The van der Waals surface area contributed by atoms with E-state index in [0.29, 0.717) is 24.6 Å². The van der Waals surface area contributed by atoms with Crippen molar-refractivity contribution in [3.05, 3.63) is 40.2 Å². The number of anilines is 4. The van der Waals surface area contributed by atoms with Gasteiger partial charge in [-0.15, -0.1) is 0 Å². The molecular formula is C20H25N7O6S. The summed E-state index contributed by atoms with van der Waals surface area (Å²) in [5.74, 6) is -2.62. The summed E-state index contributed by atoms with van der Waals surface area (Å²) in [6, 6.07) is 5.13. The van der Waals surface area contributed by atoms with Crippen LogP contribution in [0.4, 0.5) is 23.1 Å². The van der Waals surface area contributed by atoms with Gasteiger partial charge in [0.25, 0.3) is 11.5 Å². The maximum atomic E-state index is 12.4. The number of nitrogens with two attached hydrogens (primary N) is 1. The molecule has 182 valence electrons. The molecule has 1 aliphatic heterocycles. The highest BCUT2D eigenvalue weighted by Crippen LogP contribution is 2.25. The molecule has 8 N–H and O–H groups in total. The first kappa shape index (κ1) is 24.7. The lowest BCUT2D eigenvalue weighted by molar-refractivity contribution is -0.140. The number of nitrogen functional groups attached to an aromatic ring is 1. The van der Waals surface area contributed by atoms with E-state index in [2.05, 4.69) is 25.9 Å². The molecule has 0 fully saturated rings. The van der Waals surface area contributed by atoms with E-state index in [1.54, 1.807) is 24.3 Å². The van der Waals surface area contributed by atoms with Crippen LogP contribution in [0.2, 0.25) is 0 Å². The van der Waals surface area contributed by atoms with Crippen molar-refractivity contribution >= 4 is 52.9 Å². The number of carboxylic acids is 2. The standard InChI is InChI=1S/C20H25N7O6S/c1-34-27(9-11-8-22-16-15(23-11)18(31)26-20(21)25-16)12-4-2-10(3-5-12)17(30)24-13(19(32)33)6-7-14(28)29/h2-5,11,13,23H,6-9H2,1H3,(H,24,30)(H,28,29)(H,32,33)(H4,21,22,25,26,31)/t11?,13-/m0/s1. The average Bonchev–Trinajstić information content (AvgIpc) is 2.80. The average molecular weight is 492 g/mol. The Bertz CT molecular complexity index is 1120. The van der Waals surface area contributed by atoms with Gasteiger partial charge in [0.15, 0.2) is 5.82 Å². The Labute approximate surface area is 198 Å². The van der Waals surface area contributed by atoms with E-state index in [9.17, 15) is 24.3 Å². The molecule has 1 aliphatic rings. The summed E-state index contributed by atoms with van der Waals surface area (Å²) in [7, 11) is 0. The summed E-state index contributed by atoms with van der Waals surface area (Å²) in [6.45, 7) is 1.02. The number of H-pyrrole nitrogens is 1. The van der Waals surface area contributed by atoms with E-state index in [4.69, 9.17) is 10.8 Å². The Kier molecular flexibility index (Phi) is 7.83. The summed E-state index contributed by atoms with van der Waals surface area (Å²) < 4.78 is 1.97. The number of benzene rings is 1. The lowest BCUT2D eigenvalue weighted by Gasteiger charge is -2.31. The van der Waals surface area contributed by atoms with Gasteiger partial charge in [0.2, 0.25) is 5.95 Å². The Hall–Kier alpha value is -3.94. The first-order valence-electron chi connectivity index (χ1n) is 10.2. The number of carboxylic acid groups (broad SMARTS) is 2. The van der Waals surface area contributed by atoms with E-state index in [1.165, 1.54) is 11.9 Å². The third kappa shape index (κ3) is 6.10. The van der Waals surface area contributed by atoms with Crippen LogP contribution in [0.25, 0.3) is 0 Å². The van der Waals surface area contributed by atoms with Crippen LogP contribution in [0.15, 0.2) is 29.1 Å². The predicted molar refractivity (Wildman–Crippen MR) is 128 cm³/mol. The van der Waals surface area contributed by atoms with Crippen LogP contribution in [0.3, 0.4) is 0 Å². The molecule has 0 spiro atoms. The molecule has 34 heavy (non-hydrogen) atoms. The van der Waals surface area contributed by atoms with E-state index in [0.717, 1.165) is 5.69 Å². The minimum atomic E-state index is -1.30. The van der Waals surface area contributed by atoms with Crippen LogP contribution < -0.4 is 31.5 Å². The highest BCUT2D eigenvalue weighted by atomic mass is 32.2. The zero-order valence-electron chi connectivity index (χ0n) is 18.2. The number of hydrogen-bond acceptors (Lipinski definition) is 10. The molecule has 1 aromatic carbocycles. The van der Waals surface area contributed by atoms with Gasteiger partial charge in [-0.2, -0.15) is 4.98 Å². The lowest BCUT2D eigenvalue weighted by Crippen LogP contribution is -2.43. The maximum Gasteiger partial charge on any atom is 0.326 e. The number of nitrogens with zero attached hydrogens (tertiary/aromatic N) is 2. The zero-order chi connectivity index (χ0) is 24.8. The zero-order valence-corrected chi connectivity index (χ0v) is 19.0. The molecule has 13 nitrogen and oxygen atoms in total. The van der Waals surface area contributed by atoms with Crippen molar-refractivity contribution in [3.8, 4) is 0 Å². The normalized spacial score (nSPS) is 15.3. The third-order valence-electron chi connectivity index (χ3n) is 5.08. The van der Waals surface area contributed by atoms with Crippen LogP contribution in [-0.4, -0.2) is 69.5 Å². The first-order chi connectivity index (χ1) is 16.2. The van der Waals surface area contributed by atoms with E-state index in [-0.39, 0.29) is 36.0 Å². The van der Waals surface area contributed by atoms with Gasteiger partial charge in [-0.25, -0.2) is 4.79 Å². The summed E-state index contributed by atoms with van der Waals surface area (Å²) in [4.78, 5) is 53.1. The molecular weight excluding hydrogens is 466 g/mol. The molecule has 1 aromatic heterocycles. The van der Waals surface area contributed by atoms with Gasteiger partial charge in [-0.05, 0) is 30.7 Å². The van der Waals surface area contributed by atoms with Crippen LogP contribution in [0.5, 0.6) is 0 Å². The van der Waals surface area contributed by atoms with Gasteiger partial charge in [0.1, 0.15) is 11.7 Å². The topological polar surface area (TPSA) is 203 Å². The summed E-state index contributed by atoms with van der Waals surface area (Å²) in [5, 5.41) is 26.6. The molecule has 0 saturated carbocycles. The second-order valence-electron chi connectivity index (χ2n) is 7.48. The van der Waals surface area contributed by atoms with Gasteiger partial charge in [0.05, 0.1) is 12.6 Å². The number of aliphatic carboxylic acids is 2. The number of aromatic amines is 1. The number of amides is 1. The second kappa shape index (κ2) is 10.8. The molecule has 1 amide bonds. The first-order valence-corrected chi connectivity index (χ1v) is 11.4. The number of hydrogen-bond donors (Lipinski definition) is 7. The van der Waals surface area contributed by atoms with Crippen LogP contribution in [0, 0.1) is 0 Å². The number of fused-ring (bicyclic) bond motifs is 1. The molecule has 2 atom stereocenters. The molecule has 0 radical (unpaired) electrons. The van der Waals surface area contributed by atoms with Gasteiger partial charge in [-0.3, -0.25) is 19.4 Å². The Balaban J connectivity index is 1.64. The Morgan fingerprint density at radius 3 is 2.62 bits per heavy atom. The molecule has 0 aliphatic carbocycles. The maximum absolute atomic E-state index is 12.4. The fraction of sp³-hybridized carbons (Fsp3) is 0.350. The van der Waals surface area contributed by atoms with Crippen molar-refractivity contribution in [2.24, 2.45) is 0 Å². The van der Waals surface area contributed by atoms with Crippen molar-refractivity contribution in [1.29, 1.82) is 0 Å². The Morgan fingerprint density at radius 2 is 2.00 bits per heavy atom. The molecule has 1 unspecified atom stereocenters. The Morgan fingerprint density at radius 1 is 1.29 bits per heavy atom. The highest BCUT2D eigenvalue weighted by Gasteiger charge is 2.24. The fourth-order valence-corrected chi connectivity index (χ4v) is 4.03. The smallest absolute Gasteiger partial charge is 0.326 e. The van der Waals surface area contributed by atoms with E-state index >= 15 is 0 Å². The van der Waals surface area contributed by atoms with Crippen LogP contribution >= 0.6 is 11.9 Å². The molecule has 14 heteroatoms. The molecule has 2 heterocycles. The monoisotopic (exact) mass is 491 g/mol. The van der Waals surface area contributed by atoms with Gasteiger partial charge < -0.3 is 36.2 Å². The highest BCUT2D eigenvalue weighted by molar-refractivity contribution is 7.99. The van der Waals surface area contributed by atoms with Crippen molar-refractivity contribution in [3.63, 3.8) is 0 Å². The number of carbonyl (C=O) groups excluding carboxylic acids is 1. The quantitative estimate of drug-likeness (QED) is 0.226. The van der Waals surface area contributed by atoms with Crippen LogP contribution in [-0.2, 0) is 9.59 Å². The van der Waals surface area contributed by atoms with E-state index < -0.39 is 23.9 Å². The minimum Gasteiger partial charge on any atom is -0.481 e. The molecule has 0 saturated heterocycles. The molecule has 2 aromatic rings. The summed E-state index contributed by atoms with van der Waals surface area (Å²) in [5.41, 5.74) is 6.55. The molecule has 3 rings (SSSR count). The SMILES string of the molecule is CSN(CC1CNc2nc(N)[nH]c(=O)c2N1)c1ccc(C(=O)N[C@@H](CCC(=O)O)C(=O)O)cc1. The van der Waals surface area contributed by atoms with Gasteiger partial charge >= 0.3 is 11.9 Å². The lowest BCUT2D eigenvalue weighted by atomic mass is 10.1. The van der Waals surface area contributed by atoms with Crippen LogP contribution in [0.1, 0.15) is 23.2 Å². The number of aromatic nitrogens is 2. The largest absolute Gasteiger partial charge is 0.481 e. The van der Waals surface area contributed by atoms with Crippen molar-refractivity contribution in [2.45, 2.75) is 24.9 Å². The van der Waals surface area contributed by atoms with Gasteiger partial charge in [0, 0.05) is 30.5 Å². The minimum absolute atomic E-state index is 0.0305. The summed E-state index contributed by atoms with van der Waals surface area (Å²) >= 11 is 1.45. The van der Waals surface area contributed by atoms with Crippen molar-refractivity contribution in [2.75, 3.05) is 40.0 Å². The van der Waals surface area contributed by atoms with E-state index in [1.807, 2.05) is 10.6 Å². The van der Waals surface area contributed by atoms with Crippen molar-refractivity contribution < 1.29 is 24.6 Å².